The van der Waals surface area contributed by atoms with Crippen LogP contribution in [-0.2, 0) is 14.8 Å². The van der Waals surface area contributed by atoms with Crippen LogP contribution in [0.1, 0.15) is 47.0 Å². The van der Waals surface area contributed by atoms with Crippen molar-refractivity contribution in [2.75, 3.05) is 20.2 Å². The Morgan fingerprint density at radius 3 is 2.24 bits per heavy atom. The van der Waals surface area contributed by atoms with Crippen molar-refractivity contribution < 1.29 is 17.9 Å². The summed E-state index contributed by atoms with van der Waals surface area (Å²) >= 11 is 0. The summed E-state index contributed by atoms with van der Waals surface area (Å²) in [6.07, 6.45) is 2.04. The van der Waals surface area contributed by atoms with Gasteiger partial charge in [-0.2, -0.15) is 4.31 Å². The van der Waals surface area contributed by atoms with Gasteiger partial charge in [0.25, 0.3) is 0 Å². The third-order valence-electron chi connectivity index (χ3n) is 6.33. The van der Waals surface area contributed by atoms with Crippen LogP contribution < -0.4 is 10.1 Å². The van der Waals surface area contributed by atoms with E-state index in [9.17, 15) is 13.2 Å². The lowest BCUT2D eigenvalue weighted by molar-refractivity contribution is -0.136. The highest BCUT2D eigenvalue weighted by Crippen LogP contribution is 2.37. The first-order chi connectivity index (χ1) is 13.7. The van der Waals surface area contributed by atoms with Crippen LogP contribution >= 0.6 is 0 Å². The molecule has 1 aromatic carbocycles. The van der Waals surface area contributed by atoms with E-state index in [0.717, 1.165) is 6.42 Å². The first-order valence-electron chi connectivity index (χ1n) is 10.4. The molecule has 1 aromatic rings. The molecule has 1 N–H and O–H groups in total. The SMILES string of the molecule is CC[C@H](C)N1C(=O)[C@H](C(C)C)NC12CCN(S(=O)(=O)c1ccc(OC)cc1)CC2. The number of piperidine rings is 1. The first kappa shape index (κ1) is 22.1. The van der Waals surface area contributed by atoms with Crippen molar-refractivity contribution in [2.45, 2.75) is 69.6 Å². The summed E-state index contributed by atoms with van der Waals surface area (Å²) in [4.78, 5) is 15.4. The average molecular weight is 424 g/mol. The minimum Gasteiger partial charge on any atom is -0.497 e. The van der Waals surface area contributed by atoms with E-state index in [2.05, 4.69) is 19.2 Å². The molecule has 2 aliphatic rings. The van der Waals surface area contributed by atoms with Gasteiger partial charge in [-0.05, 0) is 56.4 Å². The van der Waals surface area contributed by atoms with E-state index in [4.69, 9.17) is 4.74 Å². The predicted molar refractivity (Wildman–Crippen MR) is 112 cm³/mol. The molecule has 1 amide bonds. The maximum atomic E-state index is 13.1. The number of hydrogen-bond acceptors (Lipinski definition) is 5. The zero-order valence-corrected chi connectivity index (χ0v) is 18.8. The van der Waals surface area contributed by atoms with Gasteiger partial charge < -0.3 is 9.64 Å². The average Bonchev–Trinajstić information content (AvgIpc) is 2.99. The van der Waals surface area contributed by atoms with Crippen molar-refractivity contribution >= 4 is 15.9 Å². The smallest absolute Gasteiger partial charge is 0.243 e. The van der Waals surface area contributed by atoms with Crippen LogP contribution in [0.3, 0.4) is 0 Å². The van der Waals surface area contributed by atoms with E-state index in [1.165, 1.54) is 4.31 Å². The van der Waals surface area contributed by atoms with Crippen LogP contribution in [0.4, 0.5) is 0 Å². The summed E-state index contributed by atoms with van der Waals surface area (Å²) in [5.74, 6) is 0.953. The lowest BCUT2D eigenvalue weighted by atomic mass is 9.95. The van der Waals surface area contributed by atoms with Gasteiger partial charge in [-0.25, -0.2) is 8.42 Å². The van der Waals surface area contributed by atoms with E-state index >= 15 is 0 Å². The summed E-state index contributed by atoms with van der Waals surface area (Å²) in [5.41, 5.74) is -0.465. The Kier molecular flexibility index (Phi) is 6.27. The van der Waals surface area contributed by atoms with Gasteiger partial charge >= 0.3 is 0 Å². The highest BCUT2D eigenvalue weighted by molar-refractivity contribution is 7.89. The maximum Gasteiger partial charge on any atom is 0.243 e. The fraction of sp³-hybridized carbons (Fsp3) is 0.667. The number of amides is 1. The number of hydrogen-bond donors (Lipinski definition) is 1. The molecular weight excluding hydrogens is 390 g/mol. The van der Waals surface area contributed by atoms with Gasteiger partial charge in [-0.15, -0.1) is 0 Å². The van der Waals surface area contributed by atoms with Crippen LogP contribution in [0.15, 0.2) is 29.2 Å². The van der Waals surface area contributed by atoms with Crippen LogP contribution in [0.5, 0.6) is 5.75 Å². The molecule has 8 heteroatoms. The van der Waals surface area contributed by atoms with Gasteiger partial charge in [0.2, 0.25) is 15.9 Å². The monoisotopic (exact) mass is 423 g/mol. The highest BCUT2D eigenvalue weighted by atomic mass is 32.2. The third-order valence-corrected chi connectivity index (χ3v) is 8.25. The van der Waals surface area contributed by atoms with Crippen molar-refractivity contribution in [1.82, 2.24) is 14.5 Å². The molecule has 0 aliphatic carbocycles. The van der Waals surface area contributed by atoms with Crippen molar-refractivity contribution in [2.24, 2.45) is 5.92 Å². The van der Waals surface area contributed by atoms with E-state index in [1.54, 1.807) is 31.4 Å². The van der Waals surface area contributed by atoms with Crippen molar-refractivity contribution in [3.8, 4) is 5.75 Å². The summed E-state index contributed by atoms with van der Waals surface area (Å²) in [7, 11) is -2.02. The molecular formula is C21H33N3O4S. The Labute approximate surface area is 174 Å². The number of nitrogens with zero attached hydrogens (tertiary/aromatic N) is 2. The molecule has 2 atom stereocenters. The molecule has 29 heavy (non-hydrogen) atoms. The fourth-order valence-electron chi connectivity index (χ4n) is 4.43. The summed E-state index contributed by atoms with van der Waals surface area (Å²) < 4.78 is 32.8. The number of methoxy groups -OCH3 is 1. The summed E-state index contributed by atoms with van der Waals surface area (Å²) in [6.45, 7) is 9.01. The van der Waals surface area contributed by atoms with Crippen molar-refractivity contribution in [3.63, 3.8) is 0 Å². The quantitative estimate of drug-likeness (QED) is 0.760. The molecule has 0 saturated carbocycles. The summed E-state index contributed by atoms with van der Waals surface area (Å²) in [5, 5.41) is 3.59. The Hall–Kier alpha value is -1.64. The van der Waals surface area contributed by atoms with Crippen LogP contribution in [-0.4, -0.2) is 61.5 Å². The Balaban J connectivity index is 1.81. The molecule has 1 spiro atoms. The fourth-order valence-corrected chi connectivity index (χ4v) is 5.87. The van der Waals surface area contributed by atoms with Crippen LogP contribution in [0.2, 0.25) is 0 Å². The highest BCUT2D eigenvalue weighted by Gasteiger charge is 2.54. The molecule has 2 aliphatic heterocycles. The molecule has 0 unspecified atom stereocenters. The zero-order valence-electron chi connectivity index (χ0n) is 18.0. The second kappa shape index (κ2) is 8.24. The summed E-state index contributed by atoms with van der Waals surface area (Å²) in [6, 6.07) is 6.38. The molecule has 0 bridgehead atoms. The van der Waals surface area contributed by atoms with Gasteiger partial charge in [0, 0.05) is 19.1 Å². The molecule has 2 fully saturated rings. The minimum absolute atomic E-state index is 0.114. The number of benzene rings is 1. The van der Waals surface area contributed by atoms with E-state index in [-0.39, 0.29) is 28.8 Å². The van der Waals surface area contributed by atoms with E-state index in [0.29, 0.717) is 31.7 Å². The lowest BCUT2D eigenvalue weighted by Crippen LogP contribution is -2.61. The molecule has 2 saturated heterocycles. The Bertz CT molecular complexity index is 830. The molecule has 0 radical (unpaired) electrons. The van der Waals surface area contributed by atoms with Gasteiger partial charge in [0.05, 0.1) is 23.7 Å². The number of carbonyl (C=O) groups is 1. The lowest BCUT2D eigenvalue weighted by Gasteiger charge is -2.46. The molecule has 0 aromatic heterocycles. The molecule has 3 rings (SSSR count). The normalized spacial score (nSPS) is 23.7. The number of sulfonamides is 1. The standard InChI is InChI=1S/C21H33N3O4S/c1-6-16(4)24-20(25)19(15(2)3)22-21(24)11-13-23(14-12-21)29(26,27)18-9-7-17(28-5)8-10-18/h7-10,15-16,19,22H,6,11-14H2,1-5H3/t16-,19-/m0/s1. The molecule has 7 nitrogen and oxygen atoms in total. The Morgan fingerprint density at radius 1 is 1.17 bits per heavy atom. The van der Waals surface area contributed by atoms with Crippen LogP contribution in [0.25, 0.3) is 0 Å². The molecule has 162 valence electrons. The van der Waals surface area contributed by atoms with E-state index in [1.807, 2.05) is 18.7 Å². The van der Waals surface area contributed by atoms with Crippen molar-refractivity contribution in [1.29, 1.82) is 0 Å². The van der Waals surface area contributed by atoms with Gasteiger partial charge in [-0.1, -0.05) is 20.8 Å². The van der Waals surface area contributed by atoms with E-state index < -0.39 is 15.7 Å². The number of rotatable bonds is 6. The maximum absolute atomic E-state index is 13.1. The largest absolute Gasteiger partial charge is 0.497 e. The topological polar surface area (TPSA) is 79.0 Å². The van der Waals surface area contributed by atoms with Crippen LogP contribution in [0, 0.1) is 5.92 Å². The van der Waals surface area contributed by atoms with Gasteiger partial charge in [-0.3, -0.25) is 10.1 Å². The number of nitrogens with one attached hydrogen (secondary N) is 1. The molecule has 2 heterocycles. The first-order valence-corrected chi connectivity index (χ1v) is 11.9. The second-order valence-electron chi connectivity index (χ2n) is 8.44. The van der Waals surface area contributed by atoms with Gasteiger partial charge in [0.15, 0.2) is 0 Å². The predicted octanol–water partition coefficient (Wildman–Crippen LogP) is 2.43. The third kappa shape index (κ3) is 3.90. The minimum atomic E-state index is -3.57. The number of carbonyl (C=O) groups excluding carboxylic acids is 1. The second-order valence-corrected chi connectivity index (χ2v) is 10.4. The Morgan fingerprint density at radius 2 is 1.76 bits per heavy atom. The van der Waals surface area contributed by atoms with Gasteiger partial charge in [0.1, 0.15) is 5.75 Å². The zero-order chi connectivity index (χ0) is 21.4. The number of ether oxygens (including phenoxy) is 1. The van der Waals surface area contributed by atoms with Crippen molar-refractivity contribution in [3.05, 3.63) is 24.3 Å².